The molecular weight excluding hydrogens is 216 g/mol. The molecule has 1 saturated carbocycles. The van der Waals surface area contributed by atoms with Crippen molar-refractivity contribution in [2.45, 2.75) is 37.7 Å². The molecule has 0 amide bonds. The lowest BCUT2D eigenvalue weighted by Crippen LogP contribution is -2.16. The number of benzene rings is 1. The first-order valence-corrected chi connectivity index (χ1v) is 6.08. The molecule has 3 nitrogen and oxygen atoms in total. The third-order valence-electron chi connectivity index (χ3n) is 3.51. The molecule has 0 bridgehead atoms. The topological polar surface area (TPSA) is 46.5 Å². The Morgan fingerprint density at radius 2 is 2.00 bits per heavy atom. The smallest absolute Gasteiger partial charge is 0.339 e. The summed E-state index contributed by atoms with van der Waals surface area (Å²) in [6, 6.07) is 7.63. The summed E-state index contributed by atoms with van der Waals surface area (Å²) in [6.07, 6.45) is 3.59. The van der Waals surface area contributed by atoms with Crippen LogP contribution >= 0.6 is 0 Å². The fourth-order valence-electron chi connectivity index (χ4n) is 2.61. The second-order valence-corrected chi connectivity index (χ2v) is 4.54. The Balaban J connectivity index is 2.29. The van der Waals surface area contributed by atoms with Gasteiger partial charge >= 0.3 is 5.97 Å². The number of carbonyl (C=O) groups excluding carboxylic acids is 1. The summed E-state index contributed by atoms with van der Waals surface area (Å²) < 4.78 is 4.60. The van der Waals surface area contributed by atoms with Gasteiger partial charge in [-0.1, -0.05) is 37.1 Å². The van der Waals surface area contributed by atoms with E-state index >= 15 is 0 Å². The standard InChI is InChI=1S/C14H18O3/c1-17-14(16)13(15)12-9-5-4-8-11(12)10-6-2-3-7-10/h4-5,8-10,13,15H,2-3,6-7H2,1H3/t13-/m0/s1. The Labute approximate surface area is 101 Å². The number of esters is 1. The highest BCUT2D eigenvalue weighted by Gasteiger charge is 2.25. The van der Waals surface area contributed by atoms with Gasteiger partial charge in [0.1, 0.15) is 0 Å². The van der Waals surface area contributed by atoms with Crippen LogP contribution in [0.3, 0.4) is 0 Å². The highest BCUT2D eigenvalue weighted by atomic mass is 16.5. The fraction of sp³-hybridized carbons (Fsp3) is 0.500. The van der Waals surface area contributed by atoms with Gasteiger partial charge in [-0.2, -0.15) is 0 Å². The van der Waals surface area contributed by atoms with Crippen molar-refractivity contribution < 1.29 is 14.6 Å². The molecule has 0 radical (unpaired) electrons. The third-order valence-corrected chi connectivity index (χ3v) is 3.51. The van der Waals surface area contributed by atoms with Gasteiger partial charge in [-0.15, -0.1) is 0 Å². The first-order valence-electron chi connectivity index (χ1n) is 6.08. The van der Waals surface area contributed by atoms with Gasteiger partial charge < -0.3 is 9.84 Å². The molecule has 0 saturated heterocycles. The Kier molecular flexibility index (Phi) is 3.79. The monoisotopic (exact) mass is 234 g/mol. The van der Waals surface area contributed by atoms with Gasteiger partial charge in [0, 0.05) is 0 Å². The van der Waals surface area contributed by atoms with Crippen molar-refractivity contribution in [3.63, 3.8) is 0 Å². The van der Waals surface area contributed by atoms with Crippen LogP contribution in [0.4, 0.5) is 0 Å². The van der Waals surface area contributed by atoms with E-state index in [-0.39, 0.29) is 0 Å². The minimum Gasteiger partial charge on any atom is -0.467 e. The van der Waals surface area contributed by atoms with Gasteiger partial charge in [0.05, 0.1) is 7.11 Å². The van der Waals surface area contributed by atoms with Gasteiger partial charge in [-0.05, 0) is 29.9 Å². The summed E-state index contributed by atoms with van der Waals surface area (Å²) in [5, 5.41) is 9.96. The SMILES string of the molecule is COC(=O)[C@@H](O)c1ccccc1C1CCCC1. The first kappa shape index (κ1) is 12.1. The van der Waals surface area contributed by atoms with E-state index in [0.717, 1.165) is 18.4 Å². The molecule has 1 aliphatic rings. The van der Waals surface area contributed by atoms with Crippen molar-refractivity contribution in [1.29, 1.82) is 0 Å². The number of aliphatic hydroxyl groups excluding tert-OH is 1. The molecule has 1 aromatic rings. The number of carbonyl (C=O) groups is 1. The zero-order chi connectivity index (χ0) is 12.3. The minimum atomic E-state index is -1.16. The second kappa shape index (κ2) is 5.32. The van der Waals surface area contributed by atoms with Crippen molar-refractivity contribution in [3.8, 4) is 0 Å². The van der Waals surface area contributed by atoms with Crippen molar-refractivity contribution in [1.82, 2.24) is 0 Å². The highest BCUT2D eigenvalue weighted by molar-refractivity contribution is 5.76. The quantitative estimate of drug-likeness (QED) is 0.817. The second-order valence-electron chi connectivity index (χ2n) is 4.54. The molecule has 2 rings (SSSR count). The van der Waals surface area contributed by atoms with E-state index in [4.69, 9.17) is 0 Å². The van der Waals surface area contributed by atoms with Crippen LogP contribution in [0.5, 0.6) is 0 Å². The Morgan fingerprint density at radius 1 is 1.35 bits per heavy atom. The first-order chi connectivity index (χ1) is 8.24. The molecule has 1 aromatic carbocycles. The van der Waals surface area contributed by atoms with Crippen LogP contribution in [0, 0.1) is 0 Å². The molecule has 1 N–H and O–H groups in total. The maximum Gasteiger partial charge on any atom is 0.339 e. The molecule has 0 aromatic heterocycles. The van der Waals surface area contributed by atoms with Gasteiger partial charge in [0.25, 0.3) is 0 Å². The summed E-state index contributed by atoms with van der Waals surface area (Å²) in [4.78, 5) is 11.4. The molecule has 17 heavy (non-hydrogen) atoms. The average Bonchev–Trinajstić information content (AvgIpc) is 2.90. The van der Waals surface area contributed by atoms with Crippen molar-refractivity contribution in [3.05, 3.63) is 35.4 Å². The number of ether oxygens (including phenoxy) is 1. The fourth-order valence-corrected chi connectivity index (χ4v) is 2.61. The van der Waals surface area contributed by atoms with Crippen LogP contribution in [0.1, 0.15) is 48.8 Å². The molecular formula is C14H18O3. The van der Waals surface area contributed by atoms with E-state index in [0.29, 0.717) is 11.5 Å². The van der Waals surface area contributed by atoms with E-state index in [1.165, 1.54) is 20.0 Å². The number of rotatable bonds is 3. The predicted octanol–water partition coefficient (Wildman–Crippen LogP) is 2.55. The van der Waals surface area contributed by atoms with Crippen molar-refractivity contribution in [2.75, 3.05) is 7.11 Å². The van der Waals surface area contributed by atoms with Gasteiger partial charge in [-0.25, -0.2) is 4.79 Å². The molecule has 1 atom stereocenters. The normalized spacial score (nSPS) is 18.0. The summed E-state index contributed by atoms with van der Waals surface area (Å²) in [7, 11) is 1.30. The van der Waals surface area contributed by atoms with Crippen molar-refractivity contribution in [2.24, 2.45) is 0 Å². The van der Waals surface area contributed by atoms with Crippen molar-refractivity contribution >= 4 is 5.97 Å². The van der Waals surface area contributed by atoms with Crippen LogP contribution in [0.2, 0.25) is 0 Å². The number of hydrogen-bond donors (Lipinski definition) is 1. The molecule has 0 aliphatic heterocycles. The van der Waals surface area contributed by atoms with Crippen LogP contribution in [0.15, 0.2) is 24.3 Å². The maximum atomic E-state index is 11.4. The van der Waals surface area contributed by atoms with Gasteiger partial charge in [0.2, 0.25) is 0 Å². The van der Waals surface area contributed by atoms with Gasteiger partial charge in [0.15, 0.2) is 6.10 Å². The zero-order valence-corrected chi connectivity index (χ0v) is 10.1. The van der Waals surface area contributed by atoms with Crippen LogP contribution in [-0.4, -0.2) is 18.2 Å². The lowest BCUT2D eigenvalue weighted by atomic mass is 9.90. The molecule has 0 unspecified atom stereocenters. The Bertz CT molecular complexity index is 394. The van der Waals surface area contributed by atoms with Crippen LogP contribution in [-0.2, 0) is 9.53 Å². The van der Waals surface area contributed by atoms with E-state index in [1.54, 1.807) is 0 Å². The van der Waals surface area contributed by atoms with Crippen LogP contribution < -0.4 is 0 Å². The molecule has 0 spiro atoms. The number of hydrogen-bond acceptors (Lipinski definition) is 3. The number of methoxy groups -OCH3 is 1. The van der Waals surface area contributed by atoms with E-state index in [2.05, 4.69) is 4.74 Å². The number of aliphatic hydroxyl groups is 1. The van der Waals surface area contributed by atoms with E-state index < -0.39 is 12.1 Å². The van der Waals surface area contributed by atoms with E-state index in [1.807, 2.05) is 24.3 Å². The molecule has 3 heteroatoms. The van der Waals surface area contributed by atoms with Gasteiger partial charge in [-0.3, -0.25) is 0 Å². The van der Waals surface area contributed by atoms with Crippen LogP contribution in [0.25, 0.3) is 0 Å². The predicted molar refractivity (Wildman–Crippen MR) is 64.6 cm³/mol. The Morgan fingerprint density at radius 3 is 2.65 bits per heavy atom. The lowest BCUT2D eigenvalue weighted by molar-refractivity contribution is -0.150. The molecule has 1 aliphatic carbocycles. The molecule has 0 heterocycles. The highest BCUT2D eigenvalue weighted by Crippen LogP contribution is 2.37. The summed E-state index contributed by atoms with van der Waals surface area (Å²) in [5.74, 6) is -0.110. The largest absolute Gasteiger partial charge is 0.467 e. The maximum absolute atomic E-state index is 11.4. The third kappa shape index (κ3) is 2.50. The summed E-state index contributed by atoms with van der Waals surface area (Å²) in [5.41, 5.74) is 1.80. The average molecular weight is 234 g/mol. The summed E-state index contributed by atoms with van der Waals surface area (Å²) >= 11 is 0. The zero-order valence-electron chi connectivity index (χ0n) is 10.1. The molecule has 1 fully saturated rings. The van der Waals surface area contributed by atoms with E-state index in [9.17, 15) is 9.90 Å². The summed E-state index contributed by atoms with van der Waals surface area (Å²) in [6.45, 7) is 0. The minimum absolute atomic E-state index is 0.477. The molecule has 92 valence electrons. The Hall–Kier alpha value is -1.35. The lowest BCUT2D eigenvalue weighted by Gasteiger charge is -2.18.